The van der Waals surface area contributed by atoms with Crippen LogP contribution in [-0.2, 0) is 4.74 Å². The Kier molecular flexibility index (Phi) is 36.8. The van der Waals surface area contributed by atoms with Gasteiger partial charge >= 0.3 is 0 Å². The van der Waals surface area contributed by atoms with Crippen molar-refractivity contribution in [3.05, 3.63) is 12.2 Å². The highest BCUT2D eigenvalue weighted by atomic mass is 16.5. The van der Waals surface area contributed by atoms with Crippen molar-refractivity contribution in [2.45, 2.75) is 225 Å². The maximum Gasteiger partial charge on any atom is 0.0788 e. The third kappa shape index (κ3) is 34.5. The first-order valence-electron chi connectivity index (χ1n) is 20.2. The summed E-state index contributed by atoms with van der Waals surface area (Å²) in [7, 11) is 4.32. The van der Waals surface area contributed by atoms with Gasteiger partial charge in [0.25, 0.3) is 0 Å². The van der Waals surface area contributed by atoms with E-state index in [2.05, 4.69) is 45.0 Å². The van der Waals surface area contributed by atoms with E-state index in [-0.39, 0.29) is 6.10 Å². The summed E-state index contributed by atoms with van der Waals surface area (Å²) in [5.41, 5.74) is 0. The van der Waals surface area contributed by atoms with E-state index in [1.54, 1.807) is 0 Å². The summed E-state index contributed by atoms with van der Waals surface area (Å²) in [6.45, 7) is 5.88. The van der Waals surface area contributed by atoms with Crippen molar-refractivity contribution in [1.29, 1.82) is 0 Å². The minimum absolute atomic E-state index is 0.341. The van der Waals surface area contributed by atoms with Crippen LogP contribution in [0.3, 0.4) is 0 Å². The minimum atomic E-state index is -0.341. The summed E-state index contributed by atoms with van der Waals surface area (Å²) >= 11 is 0. The van der Waals surface area contributed by atoms with Crippen molar-refractivity contribution in [3.63, 3.8) is 0 Å². The first kappa shape index (κ1) is 43.6. The normalized spacial score (nSPS) is 13.4. The molecule has 0 rings (SSSR count). The summed E-state index contributed by atoms with van der Waals surface area (Å²) < 4.78 is 5.85. The summed E-state index contributed by atoms with van der Waals surface area (Å²) in [4.78, 5) is 2.30. The first-order valence-corrected chi connectivity index (χ1v) is 20.2. The summed E-state index contributed by atoms with van der Waals surface area (Å²) in [5, 5.41) is 10.6. The van der Waals surface area contributed by atoms with E-state index in [0.717, 1.165) is 19.4 Å². The second-order valence-electron chi connectivity index (χ2n) is 14.3. The Labute approximate surface area is 278 Å². The van der Waals surface area contributed by atoms with Gasteiger partial charge in [0.05, 0.1) is 12.7 Å². The van der Waals surface area contributed by atoms with Crippen LogP contribution in [-0.4, -0.2) is 49.5 Å². The summed E-state index contributed by atoms with van der Waals surface area (Å²) in [5.74, 6) is 0. The van der Waals surface area contributed by atoms with Crippen LogP contribution in [0.1, 0.15) is 213 Å². The molecule has 0 saturated carbocycles. The van der Waals surface area contributed by atoms with Gasteiger partial charge in [-0.2, -0.15) is 0 Å². The monoisotopic (exact) mass is 622 g/mol. The molecule has 0 aromatic heterocycles. The molecule has 0 aliphatic rings. The predicted molar refractivity (Wildman–Crippen MR) is 198 cm³/mol. The molecule has 3 heteroatoms. The fourth-order valence-electron chi connectivity index (χ4n) is 6.39. The number of hydrogen-bond acceptors (Lipinski definition) is 3. The lowest BCUT2D eigenvalue weighted by atomic mass is 10.0. The molecule has 44 heavy (non-hydrogen) atoms. The van der Waals surface area contributed by atoms with Crippen molar-refractivity contribution in [3.8, 4) is 0 Å². The minimum Gasteiger partial charge on any atom is -0.391 e. The van der Waals surface area contributed by atoms with Crippen LogP contribution in [0.15, 0.2) is 12.2 Å². The van der Waals surface area contributed by atoms with Crippen LogP contribution in [0.25, 0.3) is 0 Å². The molecule has 0 radical (unpaired) electrons. The van der Waals surface area contributed by atoms with Gasteiger partial charge < -0.3 is 14.7 Å². The molecule has 0 aromatic rings. The fourth-order valence-corrected chi connectivity index (χ4v) is 6.39. The zero-order chi connectivity index (χ0) is 32.2. The number of nitrogens with zero attached hydrogens (tertiary/aromatic N) is 1. The average Bonchev–Trinajstić information content (AvgIpc) is 3.01. The Balaban J connectivity index is 3.51. The lowest BCUT2D eigenvalue weighted by Crippen LogP contribution is -2.33. The molecule has 0 spiro atoms. The molecule has 2 atom stereocenters. The average molecular weight is 622 g/mol. The fraction of sp³-hybridized carbons (Fsp3) is 0.951. The molecule has 0 amide bonds. The number of aliphatic hydroxyl groups excluding tert-OH is 1. The molecule has 0 saturated heterocycles. The van der Waals surface area contributed by atoms with Gasteiger partial charge in [0.1, 0.15) is 0 Å². The zero-order valence-electron chi connectivity index (χ0n) is 30.9. The molecule has 0 heterocycles. The van der Waals surface area contributed by atoms with E-state index in [1.807, 2.05) is 0 Å². The first-order chi connectivity index (χ1) is 21.6. The van der Waals surface area contributed by atoms with Crippen molar-refractivity contribution in [2.75, 3.05) is 27.3 Å². The highest BCUT2D eigenvalue weighted by molar-refractivity contribution is 4.81. The molecule has 1 N–H and O–H groups in total. The van der Waals surface area contributed by atoms with Crippen molar-refractivity contribution in [2.24, 2.45) is 0 Å². The maximum absolute atomic E-state index is 10.6. The number of aliphatic hydroxyl groups is 1. The Morgan fingerprint density at radius 1 is 0.500 bits per heavy atom. The molecule has 0 fully saturated rings. The van der Waals surface area contributed by atoms with Crippen LogP contribution < -0.4 is 0 Å². The van der Waals surface area contributed by atoms with Gasteiger partial charge in [-0.1, -0.05) is 180 Å². The third-order valence-corrected chi connectivity index (χ3v) is 9.53. The van der Waals surface area contributed by atoms with Crippen LogP contribution in [0.5, 0.6) is 0 Å². The van der Waals surface area contributed by atoms with Gasteiger partial charge in [0, 0.05) is 12.6 Å². The molecule has 0 aliphatic heterocycles. The highest BCUT2D eigenvalue weighted by Crippen LogP contribution is 2.17. The van der Waals surface area contributed by atoms with Crippen molar-refractivity contribution in [1.82, 2.24) is 4.90 Å². The highest BCUT2D eigenvalue weighted by Gasteiger charge is 2.16. The molecule has 264 valence electrons. The molecular weight excluding hydrogens is 538 g/mol. The van der Waals surface area contributed by atoms with Crippen LogP contribution in [0, 0.1) is 0 Å². The molecule has 0 bridgehead atoms. The Bertz CT molecular complexity index is 549. The molecule has 0 aliphatic carbocycles. The standard InChI is InChI=1S/C41H83NO2/c1-5-7-9-11-13-15-17-19-21-23-25-27-29-31-33-35-37-44-39-41(43)38-40(42(3)4)36-34-32-30-28-26-24-22-20-18-16-14-12-10-8-6-2/h20,22,40-41,43H,5-19,21,23-39H2,1-4H3/b22-20-. The van der Waals surface area contributed by atoms with E-state index in [4.69, 9.17) is 4.74 Å². The van der Waals surface area contributed by atoms with Crippen LogP contribution >= 0.6 is 0 Å². The number of rotatable bonds is 37. The Morgan fingerprint density at radius 3 is 1.27 bits per heavy atom. The number of unbranched alkanes of at least 4 members (excludes halogenated alkanes) is 26. The van der Waals surface area contributed by atoms with E-state index < -0.39 is 0 Å². The SMILES string of the molecule is CCCCCCCC/C=C\CCCCCCCC(CC(O)COCCCCCCCCCCCCCCCCCC)N(C)C. The quantitative estimate of drug-likeness (QED) is 0.0553. The van der Waals surface area contributed by atoms with Crippen molar-refractivity contribution < 1.29 is 9.84 Å². The zero-order valence-corrected chi connectivity index (χ0v) is 30.9. The molecule has 3 nitrogen and oxygen atoms in total. The second kappa shape index (κ2) is 37.1. The summed E-state index contributed by atoms with van der Waals surface area (Å²) in [6.07, 6.45) is 46.3. The van der Waals surface area contributed by atoms with Crippen molar-refractivity contribution >= 4 is 0 Å². The van der Waals surface area contributed by atoms with E-state index in [1.165, 1.54) is 186 Å². The van der Waals surface area contributed by atoms with Gasteiger partial charge in [-0.3, -0.25) is 0 Å². The lowest BCUT2D eigenvalue weighted by molar-refractivity contribution is 0.0178. The van der Waals surface area contributed by atoms with Gasteiger partial charge in [0.15, 0.2) is 0 Å². The number of hydrogen-bond donors (Lipinski definition) is 1. The van der Waals surface area contributed by atoms with Crippen LogP contribution in [0.4, 0.5) is 0 Å². The third-order valence-electron chi connectivity index (χ3n) is 9.53. The van der Waals surface area contributed by atoms with E-state index >= 15 is 0 Å². The number of ether oxygens (including phenoxy) is 1. The van der Waals surface area contributed by atoms with Gasteiger partial charge in [-0.15, -0.1) is 0 Å². The van der Waals surface area contributed by atoms with Gasteiger partial charge in [-0.25, -0.2) is 0 Å². The Hall–Kier alpha value is -0.380. The van der Waals surface area contributed by atoms with E-state index in [0.29, 0.717) is 12.6 Å². The Morgan fingerprint density at radius 2 is 0.864 bits per heavy atom. The summed E-state index contributed by atoms with van der Waals surface area (Å²) in [6, 6.07) is 0.453. The van der Waals surface area contributed by atoms with Gasteiger partial charge in [-0.05, 0) is 59.0 Å². The molecule has 2 unspecified atom stereocenters. The predicted octanol–water partition coefficient (Wildman–Crippen LogP) is 13.0. The number of allylic oxidation sites excluding steroid dienone is 2. The van der Waals surface area contributed by atoms with Gasteiger partial charge in [0.2, 0.25) is 0 Å². The molecular formula is C41H83NO2. The smallest absolute Gasteiger partial charge is 0.0788 e. The lowest BCUT2D eigenvalue weighted by Gasteiger charge is -2.26. The molecule has 0 aromatic carbocycles. The largest absolute Gasteiger partial charge is 0.391 e. The topological polar surface area (TPSA) is 32.7 Å². The van der Waals surface area contributed by atoms with E-state index in [9.17, 15) is 5.11 Å². The van der Waals surface area contributed by atoms with Crippen LogP contribution in [0.2, 0.25) is 0 Å². The second-order valence-corrected chi connectivity index (χ2v) is 14.3. The maximum atomic E-state index is 10.6.